The molecule has 0 radical (unpaired) electrons. The number of allylic oxidation sites excluding steroid dienone is 3. The Labute approximate surface area is 134 Å². The maximum Gasteiger partial charge on any atom is 0.0597 e. The lowest BCUT2D eigenvalue weighted by atomic mass is 9.88. The molecule has 0 fully saturated rings. The SMILES string of the molecule is C=C(CCC(=C)c1ccc2c(c1)CCCC2)C1=NCCC=C1. The van der Waals surface area contributed by atoms with E-state index in [9.17, 15) is 0 Å². The van der Waals surface area contributed by atoms with E-state index in [-0.39, 0.29) is 0 Å². The highest BCUT2D eigenvalue weighted by Crippen LogP contribution is 2.27. The van der Waals surface area contributed by atoms with Gasteiger partial charge in [-0.1, -0.05) is 37.4 Å². The van der Waals surface area contributed by atoms with Crippen molar-refractivity contribution in [3.63, 3.8) is 0 Å². The monoisotopic (exact) mass is 291 g/mol. The summed E-state index contributed by atoms with van der Waals surface area (Å²) in [5.41, 5.74) is 7.79. The van der Waals surface area contributed by atoms with Gasteiger partial charge < -0.3 is 0 Å². The molecule has 0 amide bonds. The van der Waals surface area contributed by atoms with Gasteiger partial charge in [-0.25, -0.2) is 0 Å². The number of fused-ring (bicyclic) bond motifs is 1. The van der Waals surface area contributed by atoms with E-state index in [0.717, 1.165) is 37.1 Å². The van der Waals surface area contributed by atoms with Crippen LogP contribution < -0.4 is 0 Å². The molecule has 22 heavy (non-hydrogen) atoms. The van der Waals surface area contributed by atoms with Gasteiger partial charge in [-0.15, -0.1) is 0 Å². The fourth-order valence-corrected chi connectivity index (χ4v) is 3.26. The average molecular weight is 291 g/mol. The molecule has 0 saturated carbocycles. The molecule has 2 aliphatic rings. The lowest BCUT2D eigenvalue weighted by Crippen LogP contribution is -2.04. The Bertz CT molecular complexity index is 646. The fourth-order valence-electron chi connectivity index (χ4n) is 3.26. The zero-order chi connectivity index (χ0) is 15.4. The predicted molar refractivity (Wildman–Crippen MR) is 96.6 cm³/mol. The summed E-state index contributed by atoms with van der Waals surface area (Å²) in [4.78, 5) is 4.54. The maximum absolute atomic E-state index is 4.54. The van der Waals surface area contributed by atoms with E-state index in [1.807, 2.05) is 0 Å². The Morgan fingerprint density at radius 1 is 1.00 bits per heavy atom. The van der Waals surface area contributed by atoms with Crippen LogP contribution in [0.2, 0.25) is 0 Å². The molecule has 1 heteroatoms. The first-order valence-corrected chi connectivity index (χ1v) is 8.43. The summed E-state index contributed by atoms with van der Waals surface area (Å²) >= 11 is 0. The van der Waals surface area contributed by atoms with Crippen LogP contribution in [0.25, 0.3) is 5.57 Å². The number of nitrogens with zero attached hydrogens (tertiary/aromatic N) is 1. The van der Waals surface area contributed by atoms with Crippen LogP contribution in [-0.4, -0.2) is 12.3 Å². The summed E-state index contributed by atoms with van der Waals surface area (Å²) < 4.78 is 0. The third-order valence-electron chi connectivity index (χ3n) is 4.70. The quantitative estimate of drug-likeness (QED) is 0.696. The van der Waals surface area contributed by atoms with Crippen molar-refractivity contribution in [2.45, 2.75) is 44.9 Å². The van der Waals surface area contributed by atoms with Gasteiger partial charge in [0.05, 0.1) is 5.71 Å². The van der Waals surface area contributed by atoms with E-state index in [1.165, 1.54) is 47.9 Å². The number of dihydropyridines is 1. The molecule has 0 bridgehead atoms. The van der Waals surface area contributed by atoms with Crippen LogP contribution in [0.5, 0.6) is 0 Å². The summed E-state index contributed by atoms with van der Waals surface area (Å²) in [6, 6.07) is 6.91. The van der Waals surface area contributed by atoms with E-state index < -0.39 is 0 Å². The minimum atomic E-state index is 0.899. The number of hydrogen-bond acceptors (Lipinski definition) is 1. The molecule has 0 atom stereocenters. The van der Waals surface area contributed by atoms with Crippen molar-refractivity contribution in [1.29, 1.82) is 0 Å². The molecule has 0 N–H and O–H groups in total. The second-order valence-corrected chi connectivity index (χ2v) is 6.36. The van der Waals surface area contributed by atoms with Gasteiger partial charge in [0, 0.05) is 6.54 Å². The molecule has 1 aliphatic heterocycles. The molecule has 0 spiro atoms. The first-order valence-electron chi connectivity index (χ1n) is 8.43. The van der Waals surface area contributed by atoms with E-state index in [1.54, 1.807) is 0 Å². The summed E-state index contributed by atoms with van der Waals surface area (Å²) in [7, 11) is 0. The molecular formula is C21H25N. The molecule has 0 saturated heterocycles. The van der Waals surface area contributed by atoms with Crippen LogP contribution in [0.4, 0.5) is 0 Å². The number of hydrogen-bond donors (Lipinski definition) is 0. The Balaban J connectivity index is 1.61. The van der Waals surface area contributed by atoms with Crippen molar-refractivity contribution < 1.29 is 0 Å². The lowest BCUT2D eigenvalue weighted by Gasteiger charge is -2.17. The summed E-state index contributed by atoms with van der Waals surface area (Å²) in [5.74, 6) is 0. The highest BCUT2D eigenvalue weighted by atomic mass is 14.7. The fraction of sp³-hybridized carbons (Fsp3) is 0.381. The Hall–Kier alpha value is -1.89. The normalized spacial score (nSPS) is 16.8. The van der Waals surface area contributed by atoms with Crippen molar-refractivity contribution in [1.82, 2.24) is 0 Å². The maximum atomic E-state index is 4.54. The van der Waals surface area contributed by atoms with Gasteiger partial charge in [0.2, 0.25) is 0 Å². The number of rotatable bonds is 5. The van der Waals surface area contributed by atoms with Crippen LogP contribution >= 0.6 is 0 Å². The zero-order valence-electron chi connectivity index (χ0n) is 13.4. The van der Waals surface area contributed by atoms with E-state index in [0.29, 0.717) is 0 Å². The Morgan fingerprint density at radius 3 is 2.55 bits per heavy atom. The van der Waals surface area contributed by atoms with Gasteiger partial charge in [0.15, 0.2) is 0 Å². The predicted octanol–water partition coefficient (Wildman–Crippen LogP) is 5.32. The summed E-state index contributed by atoms with van der Waals surface area (Å²) in [6.07, 6.45) is 12.4. The third kappa shape index (κ3) is 3.47. The van der Waals surface area contributed by atoms with Crippen LogP contribution in [0, 0.1) is 0 Å². The first-order chi connectivity index (χ1) is 10.7. The average Bonchev–Trinajstić information content (AvgIpc) is 2.59. The van der Waals surface area contributed by atoms with Gasteiger partial charge in [0.25, 0.3) is 0 Å². The third-order valence-corrected chi connectivity index (χ3v) is 4.70. The van der Waals surface area contributed by atoms with Crippen molar-refractivity contribution in [3.05, 3.63) is 65.8 Å². The Kier molecular flexibility index (Phi) is 4.72. The van der Waals surface area contributed by atoms with Gasteiger partial charge in [-0.3, -0.25) is 4.99 Å². The van der Waals surface area contributed by atoms with E-state index in [4.69, 9.17) is 0 Å². The van der Waals surface area contributed by atoms with Gasteiger partial charge in [0.1, 0.15) is 0 Å². The van der Waals surface area contributed by atoms with Crippen LogP contribution in [0.15, 0.2) is 54.1 Å². The molecule has 1 aliphatic carbocycles. The molecule has 1 nitrogen and oxygen atoms in total. The standard InChI is InChI=1S/C21H25N/c1-16(10-11-17(2)21-9-5-6-14-22-21)19-13-12-18-7-3-4-8-20(18)15-19/h5,9,12-13,15H,1-4,6-8,10-11,14H2. The molecule has 3 rings (SSSR count). The molecule has 1 aromatic rings. The van der Waals surface area contributed by atoms with Crippen molar-refractivity contribution in [2.24, 2.45) is 4.99 Å². The number of aliphatic imine (C=N–C) groups is 1. The highest BCUT2D eigenvalue weighted by Gasteiger charge is 2.11. The highest BCUT2D eigenvalue weighted by molar-refractivity contribution is 6.08. The summed E-state index contributed by atoms with van der Waals surface area (Å²) in [5, 5.41) is 0. The lowest BCUT2D eigenvalue weighted by molar-refractivity contribution is 0.685. The van der Waals surface area contributed by atoms with Crippen molar-refractivity contribution in [3.8, 4) is 0 Å². The van der Waals surface area contributed by atoms with E-state index >= 15 is 0 Å². The second-order valence-electron chi connectivity index (χ2n) is 6.36. The van der Waals surface area contributed by atoms with Gasteiger partial charge in [-0.05, 0) is 78.9 Å². The molecule has 114 valence electrons. The molecular weight excluding hydrogens is 266 g/mol. The first kappa shape index (κ1) is 15.0. The van der Waals surface area contributed by atoms with E-state index in [2.05, 4.69) is 48.5 Å². The smallest absolute Gasteiger partial charge is 0.0597 e. The Morgan fingerprint density at radius 2 is 1.77 bits per heavy atom. The largest absolute Gasteiger partial charge is 0.285 e. The second kappa shape index (κ2) is 6.91. The van der Waals surface area contributed by atoms with Crippen LogP contribution in [0.3, 0.4) is 0 Å². The van der Waals surface area contributed by atoms with Crippen LogP contribution in [0.1, 0.15) is 48.8 Å². The van der Waals surface area contributed by atoms with Gasteiger partial charge >= 0.3 is 0 Å². The molecule has 1 aromatic carbocycles. The van der Waals surface area contributed by atoms with Crippen molar-refractivity contribution in [2.75, 3.05) is 6.54 Å². The molecule has 0 aromatic heterocycles. The van der Waals surface area contributed by atoms with Crippen LogP contribution in [-0.2, 0) is 12.8 Å². The minimum Gasteiger partial charge on any atom is -0.285 e. The topological polar surface area (TPSA) is 12.4 Å². The molecule has 0 unspecified atom stereocenters. The van der Waals surface area contributed by atoms with Crippen molar-refractivity contribution >= 4 is 11.3 Å². The number of aryl methyl sites for hydroxylation is 2. The van der Waals surface area contributed by atoms with Gasteiger partial charge in [-0.2, -0.15) is 0 Å². The number of benzene rings is 1. The zero-order valence-corrected chi connectivity index (χ0v) is 13.4. The summed E-state index contributed by atoms with van der Waals surface area (Å²) in [6.45, 7) is 9.38. The molecule has 1 heterocycles. The minimum absolute atomic E-state index is 0.899.